The second-order valence-corrected chi connectivity index (χ2v) is 6.25. The van der Waals surface area contributed by atoms with Crippen LogP contribution in [0.5, 0.6) is 0 Å². The third kappa shape index (κ3) is 2.15. The quantitative estimate of drug-likeness (QED) is 0.916. The number of carboxylic acids is 1. The van der Waals surface area contributed by atoms with Gasteiger partial charge in [-0.25, -0.2) is 14.8 Å². The van der Waals surface area contributed by atoms with Crippen molar-refractivity contribution in [3.63, 3.8) is 0 Å². The van der Waals surface area contributed by atoms with Crippen LogP contribution in [0.4, 0.5) is 5.82 Å². The summed E-state index contributed by atoms with van der Waals surface area (Å²) in [6, 6.07) is 1.53. The van der Waals surface area contributed by atoms with Gasteiger partial charge in [0.25, 0.3) is 0 Å². The second kappa shape index (κ2) is 5.04. The molecule has 3 rings (SSSR count). The van der Waals surface area contributed by atoms with Crippen LogP contribution in [0.15, 0.2) is 12.4 Å². The Hall–Kier alpha value is -1.65. The Morgan fingerprint density at radius 2 is 2.20 bits per heavy atom. The molecule has 0 amide bonds. The molecule has 1 saturated carbocycles. The van der Waals surface area contributed by atoms with Gasteiger partial charge in [0.15, 0.2) is 0 Å². The minimum absolute atomic E-state index is 0.282. The van der Waals surface area contributed by atoms with Crippen molar-refractivity contribution in [2.45, 2.75) is 45.1 Å². The van der Waals surface area contributed by atoms with E-state index in [2.05, 4.69) is 23.8 Å². The fourth-order valence-corrected chi connectivity index (χ4v) is 3.69. The van der Waals surface area contributed by atoms with Crippen molar-refractivity contribution in [2.24, 2.45) is 11.8 Å². The molecule has 1 aliphatic carbocycles. The minimum Gasteiger partial charge on any atom is -0.480 e. The number of aliphatic carboxylic acids is 1. The molecule has 3 atom stereocenters. The van der Waals surface area contributed by atoms with Gasteiger partial charge in [-0.05, 0) is 30.6 Å². The molecule has 1 aromatic rings. The first-order chi connectivity index (χ1) is 9.58. The Morgan fingerprint density at radius 3 is 2.90 bits per heavy atom. The molecule has 5 nitrogen and oxygen atoms in total. The molecule has 108 valence electrons. The lowest BCUT2D eigenvalue weighted by Gasteiger charge is -2.25. The van der Waals surface area contributed by atoms with E-state index in [1.54, 1.807) is 6.33 Å². The SMILES string of the molecule is CC(C)c1cc(N2CC3CCCC3C2C(=O)O)ncn1. The van der Waals surface area contributed by atoms with Crippen molar-refractivity contribution >= 4 is 11.8 Å². The molecule has 1 saturated heterocycles. The summed E-state index contributed by atoms with van der Waals surface area (Å²) >= 11 is 0. The van der Waals surface area contributed by atoms with Crippen LogP contribution in [-0.4, -0.2) is 33.6 Å². The highest BCUT2D eigenvalue weighted by Crippen LogP contribution is 2.43. The van der Waals surface area contributed by atoms with Crippen LogP contribution in [0.3, 0.4) is 0 Å². The number of anilines is 1. The fraction of sp³-hybridized carbons (Fsp3) is 0.667. The highest BCUT2D eigenvalue weighted by molar-refractivity contribution is 5.79. The molecule has 20 heavy (non-hydrogen) atoms. The summed E-state index contributed by atoms with van der Waals surface area (Å²) in [7, 11) is 0. The number of hydrogen-bond donors (Lipinski definition) is 1. The molecule has 2 fully saturated rings. The molecular formula is C15H21N3O2. The summed E-state index contributed by atoms with van der Waals surface area (Å²) in [5.41, 5.74) is 0.969. The molecule has 2 aliphatic rings. The van der Waals surface area contributed by atoms with E-state index in [0.717, 1.165) is 37.3 Å². The van der Waals surface area contributed by atoms with Crippen LogP contribution in [-0.2, 0) is 4.79 Å². The van der Waals surface area contributed by atoms with Gasteiger partial charge in [0, 0.05) is 18.3 Å². The largest absolute Gasteiger partial charge is 0.480 e. The molecule has 0 radical (unpaired) electrons. The van der Waals surface area contributed by atoms with Crippen molar-refractivity contribution in [1.29, 1.82) is 0 Å². The zero-order valence-corrected chi connectivity index (χ0v) is 12.0. The summed E-state index contributed by atoms with van der Waals surface area (Å²) in [6.45, 7) is 4.98. The summed E-state index contributed by atoms with van der Waals surface area (Å²) in [6.07, 6.45) is 4.89. The molecule has 1 N–H and O–H groups in total. The molecule has 5 heteroatoms. The number of rotatable bonds is 3. The minimum atomic E-state index is -0.718. The van der Waals surface area contributed by atoms with Gasteiger partial charge in [0.05, 0.1) is 0 Å². The van der Waals surface area contributed by atoms with Gasteiger partial charge in [-0.2, -0.15) is 0 Å². The predicted molar refractivity (Wildman–Crippen MR) is 75.7 cm³/mol. The van der Waals surface area contributed by atoms with E-state index in [9.17, 15) is 9.90 Å². The molecule has 0 bridgehead atoms. The van der Waals surface area contributed by atoms with Gasteiger partial charge in [0.2, 0.25) is 0 Å². The third-order valence-corrected chi connectivity index (χ3v) is 4.70. The highest BCUT2D eigenvalue weighted by Gasteiger charge is 2.48. The molecule has 1 aliphatic heterocycles. The maximum Gasteiger partial charge on any atom is 0.326 e. The topological polar surface area (TPSA) is 66.3 Å². The Bertz CT molecular complexity index is 518. The van der Waals surface area contributed by atoms with Crippen LogP contribution in [0.25, 0.3) is 0 Å². The smallest absolute Gasteiger partial charge is 0.326 e. The van der Waals surface area contributed by atoms with Gasteiger partial charge in [-0.15, -0.1) is 0 Å². The molecule has 3 unspecified atom stereocenters. The molecular weight excluding hydrogens is 254 g/mol. The molecule has 0 aromatic carbocycles. The maximum absolute atomic E-state index is 11.7. The summed E-state index contributed by atoms with van der Waals surface area (Å²) in [5, 5.41) is 9.59. The number of carboxylic acid groups (broad SMARTS) is 1. The summed E-state index contributed by atoms with van der Waals surface area (Å²) in [5.74, 6) is 1.16. The second-order valence-electron chi connectivity index (χ2n) is 6.25. The molecule has 1 aromatic heterocycles. The lowest BCUT2D eigenvalue weighted by Crippen LogP contribution is -2.40. The number of aromatic nitrogens is 2. The first-order valence-corrected chi connectivity index (χ1v) is 7.39. The third-order valence-electron chi connectivity index (χ3n) is 4.70. The normalized spacial score (nSPS) is 28.9. The van der Waals surface area contributed by atoms with E-state index < -0.39 is 12.0 Å². The first-order valence-electron chi connectivity index (χ1n) is 7.39. The van der Waals surface area contributed by atoms with Crippen LogP contribution in [0.2, 0.25) is 0 Å². The average Bonchev–Trinajstić information content (AvgIpc) is 2.97. The Kier molecular flexibility index (Phi) is 3.36. The van der Waals surface area contributed by atoms with E-state index in [0.29, 0.717) is 11.8 Å². The summed E-state index contributed by atoms with van der Waals surface area (Å²) in [4.78, 5) is 22.2. The maximum atomic E-state index is 11.7. The predicted octanol–water partition coefficient (Wildman–Crippen LogP) is 2.29. The lowest BCUT2D eigenvalue weighted by atomic mass is 9.94. The number of carbonyl (C=O) groups is 1. The monoisotopic (exact) mass is 275 g/mol. The average molecular weight is 275 g/mol. The van der Waals surface area contributed by atoms with Gasteiger partial charge in [-0.3, -0.25) is 0 Å². The van der Waals surface area contributed by atoms with Gasteiger partial charge >= 0.3 is 5.97 Å². The van der Waals surface area contributed by atoms with Crippen molar-refractivity contribution in [1.82, 2.24) is 9.97 Å². The van der Waals surface area contributed by atoms with Gasteiger partial charge < -0.3 is 10.0 Å². The van der Waals surface area contributed by atoms with E-state index in [1.807, 2.05) is 11.0 Å². The van der Waals surface area contributed by atoms with E-state index in [1.165, 1.54) is 0 Å². The van der Waals surface area contributed by atoms with Crippen molar-refractivity contribution in [3.05, 3.63) is 18.1 Å². The number of hydrogen-bond acceptors (Lipinski definition) is 4. The standard InChI is InChI=1S/C15H21N3O2/c1-9(2)12-6-13(17-8-16-12)18-7-10-4-3-5-11(10)14(18)15(19)20/h6,8-11,14H,3-5,7H2,1-2H3,(H,19,20). The van der Waals surface area contributed by atoms with Gasteiger partial charge in [0.1, 0.15) is 18.2 Å². The number of fused-ring (bicyclic) bond motifs is 1. The zero-order chi connectivity index (χ0) is 14.3. The van der Waals surface area contributed by atoms with Crippen LogP contribution < -0.4 is 4.90 Å². The van der Waals surface area contributed by atoms with E-state index in [-0.39, 0.29) is 5.92 Å². The number of nitrogens with zero attached hydrogens (tertiary/aromatic N) is 3. The Balaban J connectivity index is 1.92. The van der Waals surface area contributed by atoms with Crippen molar-refractivity contribution in [2.75, 3.05) is 11.4 Å². The van der Waals surface area contributed by atoms with Crippen LogP contribution in [0.1, 0.15) is 44.7 Å². The van der Waals surface area contributed by atoms with Crippen LogP contribution >= 0.6 is 0 Å². The van der Waals surface area contributed by atoms with Crippen LogP contribution in [0, 0.1) is 11.8 Å². The van der Waals surface area contributed by atoms with Crippen molar-refractivity contribution < 1.29 is 9.90 Å². The van der Waals surface area contributed by atoms with E-state index >= 15 is 0 Å². The first kappa shape index (κ1) is 13.3. The summed E-state index contributed by atoms with van der Waals surface area (Å²) < 4.78 is 0. The lowest BCUT2D eigenvalue weighted by molar-refractivity contribution is -0.139. The zero-order valence-electron chi connectivity index (χ0n) is 12.0. The molecule has 0 spiro atoms. The Labute approximate surface area is 119 Å². The Morgan fingerprint density at radius 1 is 1.40 bits per heavy atom. The fourth-order valence-electron chi connectivity index (χ4n) is 3.69. The van der Waals surface area contributed by atoms with Crippen molar-refractivity contribution in [3.8, 4) is 0 Å². The van der Waals surface area contributed by atoms with Gasteiger partial charge in [-0.1, -0.05) is 20.3 Å². The molecule has 2 heterocycles. The van der Waals surface area contributed by atoms with E-state index in [4.69, 9.17) is 0 Å². The highest BCUT2D eigenvalue weighted by atomic mass is 16.4.